The molecule has 2 nitrogen and oxygen atoms in total. The Morgan fingerprint density at radius 2 is 2.00 bits per heavy atom. The summed E-state index contributed by atoms with van der Waals surface area (Å²) in [4.78, 5) is 2.81. The minimum atomic E-state index is 0.210. The van der Waals surface area contributed by atoms with Gasteiger partial charge in [-0.05, 0) is 27.3 Å². The van der Waals surface area contributed by atoms with E-state index in [9.17, 15) is 0 Å². The van der Waals surface area contributed by atoms with Gasteiger partial charge < -0.3 is 5.73 Å². The van der Waals surface area contributed by atoms with Crippen molar-refractivity contribution in [1.29, 1.82) is 0 Å². The van der Waals surface area contributed by atoms with E-state index >= 15 is 0 Å². The number of nitrogens with zero attached hydrogens (tertiary/aromatic N) is 1. The molecule has 0 aromatic rings. The number of hydrogen-bond donors (Lipinski definition) is 1. The lowest BCUT2D eigenvalue weighted by molar-refractivity contribution is 0.227. The molecule has 3 heteroatoms. The van der Waals surface area contributed by atoms with E-state index < -0.39 is 0 Å². The molecule has 2 unspecified atom stereocenters. The molecule has 0 radical (unpaired) electrons. The zero-order valence-electron chi connectivity index (χ0n) is 8.50. The van der Waals surface area contributed by atoms with Gasteiger partial charge in [0.1, 0.15) is 0 Å². The van der Waals surface area contributed by atoms with E-state index in [1.165, 1.54) is 12.8 Å². The molecule has 0 aliphatic carbocycles. The highest BCUT2D eigenvalue weighted by atomic mass is 32.1. The summed E-state index contributed by atoms with van der Waals surface area (Å²) in [5.41, 5.74) is 5.56. The second kappa shape index (κ2) is 5.49. The zero-order valence-corrected chi connectivity index (χ0v) is 9.32. The molecule has 0 heterocycles. The lowest BCUT2D eigenvalue weighted by Crippen LogP contribution is -2.43. The van der Waals surface area contributed by atoms with E-state index in [2.05, 4.69) is 32.7 Å². The summed E-state index contributed by atoms with van der Waals surface area (Å²) < 4.78 is 0. The number of hydrogen-bond acceptors (Lipinski definition) is 2. The van der Waals surface area contributed by atoms with Crippen LogP contribution in [-0.2, 0) is 0 Å². The summed E-state index contributed by atoms with van der Waals surface area (Å²) in [5, 5.41) is 0. The van der Waals surface area contributed by atoms with Gasteiger partial charge in [0.25, 0.3) is 0 Å². The maximum Gasteiger partial charge on any atom is 0.0899 e. The molecule has 0 aliphatic heterocycles. The van der Waals surface area contributed by atoms with Gasteiger partial charge in [0.05, 0.1) is 11.0 Å². The second-order valence-electron chi connectivity index (χ2n) is 3.38. The average Bonchev–Trinajstić information content (AvgIpc) is 2.02. The van der Waals surface area contributed by atoms with Crippen molar-refractivity contribution in [3.05, 3.63) is 0 Å². The van der Waals surface area contributed by atoms with Crippen LogP contribution in [0.3, 0.4) is 0 Å². The molecule has 0 rings (SSSR count). The van der Waals surface area contributed by atoms with Gasteiger partial charge in [0.2, 0.25) is 0 Å². The first-order chi connectivity index (χ1) is 5.50. The minimum absolute atomic E-state index is 0.210. The van der Waals surface area contributed by atoms with Gasteiger partial charge in [-0.15, -0.1) is 0 Å². The van der Waals surface area contributed by atoms with Gasteiger partial charge >= 0.3 is 0 Å². The van der Waals surface area contributed by atoms with Crippen molar-refractivity contribution in [2.45, 2.75) is 45.7 Å². The van der Waals surface area contributed by atoms with Crippen molar-refractivity contribution in [3.63, 3.8) is 0 Å². The smallest absolute Gasteiger partial charge is 0.0899 e. The molecule has 2 N–H and O–H groups in total. The SMILES string of the molecule is CCCC(C)N(C)C(C)C(N)=S. The van der Waals surface area contributed by atoms with Crippen LogP contribution in [0.4, 0.5) is 0 Å². The van der Waals surface area contributed by atoms with Crippen LogP contribution in [0.2, 0.25) is 0 Å². The van der Waals surface area contributed by atoms with Crippen LogP contribution in [0, 0.1) is 0 Å². The van der Waals surface area contributed by atoms with Crippen LogP contribution in [0.5, 0.6) is 0 Å². The summed E-state index contributed by atoms with van der Waals surface area (Å²) >= 11 is 4.93. The lowest BCUT2D eigenvalue weighted by atomic mass is 10.1. The Balaban J connectivity index is 3.99. The second-order valence-corrected chi connectivity index (χ2v) is 3.85. The first kappa shape index (κ1) is 11.8. The molecule has 72 valence electrons. The van der Waals surface area contributed by atoms with Crippen LogP contribution < -0.4 is 5.73 Å². The Morgan fingerprint density at radius 3 is 2.33 bits per heavy atom. The fourth-order valence-corrected chi connectivity index (χ4v) is 1.37. The quantitative estimate of drug-likeness (QED) is 0.667. The van der Waals surface area contributed by atoms with Crippen LogP contribution in [0.15, 0.2) is 0 Å². The van der Waals surface area contributed by atoms with Crippen LogP contribution in [0.1, 0.15) is 33.6 Å². The molecule has 0 fully saturated rings. The first-order valence-electron chi connectivity index (χ1n) is 4.52. The molecule has 0 aliphatic rings. The topological polar surface area (TPSA) is 29.3 Å². The predicted molar refractivity (Wildman–Crippen MR) is 58.4 cm³/mol. The Hall–Kier alpha value is -0.150. The van der Waals surface area contributed by atoms with Gasteiger partial charge in [-0.2, -0.15) is 0 Å². The maximum absolute atomic E-state index is 5.56. The summed E-state index contributed by atoms with van der Waals surface area (Å²) in [5.74, 6) is 0. The van der Waals surface area contributed by atoms with E-state index in [1.807, 2.05) is 0 Å². The van der Waals surface area contributed by atoms with Crippen molar-refractivity contribution < 1.29 is 0 Å². The van der Waals surface area contributed by atoms with E-state index in [4.69, 9.17) is 18.0 Å². The molecular formula is C9H20N2S. The van der Waals surface area contributed by atoms with Crippen molar-refractivity contribution in [2.24, 2.45) is 5.73 Å². The predicted octanol–water partition coefficient (Wildman–Crippen LogP) is 1.78. The molecular weight excluding hydrogens is 168 g/mol. The van der Waals surface area contributed by atoms with Crippen molar-refractivity contribution in [2.75, 3.05) is 7.05 Å². The molecule has 0 bridgehead atoms. The third kappa shape index (κ3) is 3.50. The molecule has 0 spiro atoms. The van der Waals surface area contributed by atoms with Crippen molar-refractivity contribution in [1.82, 2.24) is 4.90 Å². The largest absolute Gasteiger partial charge is 0.392 e. The molecule has 0 aromatic carbocycles. The summed E-state index contributed by atoms with van der Waals surface area (Å²) in [7, 11) is 2.07. The van der Waals surface area contributed by atoms with Gasteiger partial charge in [-0.1, -0.05) is 25.6 Å². The van der Waals surface area contributed by atoms with E-state index in [0.29, 0.717) is 11.0 Å². The molecule has 0 saturated heterocycles. The molecule has 2 atom stereocenters. The third-order valence-electron chi connectivity index (χ3n) is 2.42. The minimum Gasteiger partial charge on any atom is -0.392 e. The van der Waals surface area contributed by atoms with Crippen LogP contribution >= 0.6 is 12.2 Å². The summed E-state index contributed by atoms with van der Waals surface area (Å²) in [6.07, 6.45) is 2.40. The number of rotatable bonds is 5. The van der Waals surface area contributed by atoms with Gasteiger partial charge in [-0.25, -0.2) is 0 Å². The highest BCUT2D eigenvalue weighted by Crippen LogP contribution is 2.07. The Labute approximate surface area is 81.1 Å². The summed E-state index contributed by atoms with van der Waals surface area (Å²) in [6.45, 7) is 6.45. The standard InChI is InChI=1S/C9H20N2S/c1-5-6-7(2)11(4)8(3)9(10)12/h7-8H,5-6H2,1-4H3,(H2,10,12). The first-order valence-corrected chi connectivity index (χ1v) is 4.92. The highest BCUT2D eigenvalue weighted by molar-refractivity contribution is 7.80. The van der Waals surface area contributed by atoms with E-state index in [0.717, 1.165) is 0 Å². The number of thiocarbonyl (C=S) groups is 1. The molecule has 0 aromatic heterocycles. The third-order valence-corrected chi connectivity index (χ3v) is 2.77. The average molecular weight is 188 g/mol. The van der Waals surface area contributed by atoms with Crippen molar-refractivity contribution >= 4 is 17.2 Å². The monoisotopic (exact) mass is 188 g/mol. The highest BCUT2D eigenvalue weighted by Gasteiger charge is 2.16. The van der Waals surface area contributed by atoms with E-state index in [-0.39, 0.29) is 6.04 Å². The van der Waals surface area contributed by atoms with Gasteiger partial charge in [0.15, 0.2) is 0 Å². The molecule has 0 saturated carbocycles. The Bertz CT molecular complexity index is 147. The van der Waals surface area contributed by atoms with Crippen LogP contribution in [0.25, 0.3) is 0 Å². The van der Waals surface area contributed by atoms with Gasteiger partial charge in [0, 0.05) is 6.04 Å². The fraction of sp³-hybridized carbons (Fsp3) is 0.889. The Kier molecular flexibility index (Phi) is 5.42. The zero-order chi connectivity index (χ0) is 9.72. The fourth-order valence-electron chi connectivity index (χ4n) is 1.20. The van der Waals surface area contributed by atoms with Gasteiger partial charge in [-0.3, -0.25) is 4.90 Å². The Morgan fingerprint density at radius 1 is 1.50 bits per heavy atom. The number of nitrogens with two attached hydrogens (primary N) is 1. The van der Waals surface area contributed by atoms with Crippen LogP contribution in [-0.4, -0.2) is 29.0 Å². The number of likely N-dealkylation sites (N-methyl/N-ethyl adjacent to an activating group) is 1. The molecule has 0 amide bonds. The lowest BCUT2D eigenvalue weighted by Gasteiger charge is -2.29. The van der Waals surface area contributed by atoms with E-state index in [1.54, 1.807) is 0 Å². The molecule has 12 heavy (non-hydrogen) atoms. The maximum atomic E-state index is 5.56. The normalized spacial score (nSPS) is 16.1. The van der Waals surface area contributed by atoms with Crippen molar-refractivity contribution in [3.8, 4) is 0 Å². The summed E-state index contributed by atoms with van der Waals surface area (Å²) in [6, 6.07) is 0.771.